The van der Waals surface area contributed by atoms with Crippen molar-refractivity contribution in [1.82, 2.24) is 9.97 Å². The second-order valence-electron chi connectivity index (χ2n) is 6.48. The normalized spacial score (nSPS) is 17.9. The van der Waals surface area contributed by atoms with Crippen LogP contribution in [0.25, 0.3) is 0 Å². The largest absolute Gasteiger partial charge is 0.357 e. The molecule has 0 saturated carbocycles. The molecule has 2 aromatic carbocycles. The molecule has 0 bridgehead atoms. The predicted molar refractivity (Wildman–Crippen MR) is 92.3 cm³/mol. The molecule has 0 N–H and O–H groups in total. The van der Waals surface area contributed by atoms with E-state index in [4.69, 9.17) is 4.74 Å². The summed E-state index contributed by atoms with van der Waals surface area (Å²) in [5.74, 6) is -2.92. The van der Waals surface area contributed by atoms with Crippen molar-refractivity contribution in [3.8, 4) is 11.8 Å². The maximum absolute atomic E-state index is 15.0. The predicted octanol–water partition coefficient (Wildman–Crippen LogP) is 4.45. The summed E-state index contributed by atoms with van der Waals surface area (Å²) in [7, 11) is 0. The number of rotatable bonds is 3. The van der Waals surface area contributed by atoms with Gasteiger partial charge in [-0.05, 0) is 36.3 Å². The van der Waals surface area contributed by atoms with Gasteiger partial charge in [0.2, 0.25) is 0 Å². The maximum atomic E-state index is 15.0. The summed E-state index contributed by atoms with van der Waals surface area (Å²) < 4.78 is 88.2. The van der Waals surface area contributed by atoms with Crippen LogP contribution in [0.4, 0.5) is 26.3 Å². The fourth-order valence-corrected chi connectivity index (χ4v) is 2.87. The van der Waals surface area contributed by atoms with E-state index in [1.54, 1.807) is 0 Å². The minimum atomic E-state index is -3.76. The molecule has 1 aliphatic heterocycles. The summed E-state index contributed by atoms with van der Waals surface area (Å²) in [5, 5.41) is 0. The van der Waals surface area contributed by atoms with Crippen LogP contribution in [0.1, 0.15) is 22.5 Å². The molecule has 30 heavy (non-hydrogen) atoms. The van der Waals surface area contributed by atoms with Crippen molar-refractivity contribution in [3.05, 3.63) is 94.6 Å². The number of benzene rings is 2. The van der Waals surface area contributed by atoms with E-state index in [1.165, 1.54) is 6.07 Å². The molecule has 0 aliphatic carbocycles. The Hall–Kier alpha value is -3.38. The van der Waals surface area contributed by atoms with Crippen molar-refractivity contribution in [2.45, 2.75) is 11.5 Å². The summed E-state index contributed by atoms with van der Waals surface area (Å²) in [6.07, 6.45) is 1.73. The van der Waals surface area contributed by atoms with Gasteiger partial charge in [-0.3, -0.25) is 4.98 Å². The first-order valence-corrected chi connectivity index (χ1v) is 8.50. The lowest BCUT2D eigenvalue weighted by Gasteiger charge is -2.23. The molecule has 3 aromatic rings. The molecule has 9 heteroatoms. The maximum Gasteiger partial charge on any atom is 0.325 e. The Labute approximate surface area is 166 Å². The van der Waals surface area contributed by atoms with Crippen LogP contribution < -0.4 is 0 Å². The molecule has 4 rings (SSSR count). The second-order valence-corrected chi connectivity index (χ2v) is 6.48. The van der Waals surface area contributed by atoms with Gasteiger partial charge in [-0.25, -0.2) is 22.5 Å². The van der Waals surface area contributed by atoms with Crippen molar-refractivity contribution < 1.29 is 31.1 Å². The molecule has 1 aromatic heterocycles. The van der Waals surface area contributed by atoms with Crippen LogP contribution in [0.3, 0.4) is 0 Å². The molecule has 1 atom stereocenters. The van der Waals surface area contributed by atoms with E-state index in [-0.39, 0.29) is 11.3 Å². The van der Waals surface area contributed by atoms with E-state index in [0.29, 0.717) is 6.07 Å². The molecular formula is C21H10F6N2O. The Balaban J connectivity index is 1.60. The van der Waals surface area contributed by atoms with E-state index in [9.17, 15) is 17.6 Å². The fourth-order valence-electron chi connectivity index (χ4n) is 2.87. The zero-order valence-electron chi connectivity index (χ0n) is 14.9. The Morgan fingerprint density at radius 2 is 1.63 bits per heavy atom. The fraction of sp³-hybridized carbons (Fsp3) is 0.143. The van der Waals surface area contributed by atoms with Gasteiger partial charge < -0.3 is 4.74 Å². The lowest BCUT2D eigenvalue weighted by Crippen LogP contribution is -2.34. The third kappa shape index (κ3) is 3.39. The third-order valence-corrected chi connectivity index (χ3v) is 4.53. The monoisotopic (exact) mass is 420 g/mol. The van der Waals surface area contributed by atoms with Gasteiger partial charge in [0, 0.05) is 17.2 Å². The van der Waals surface area contributed by atoms with Crippen molar-refractivity contribution >= 4 is 0 Å². The summed E-state index contributed by atoms with van der Waals surface area (Å²) in [6.45, 7) is -0.484. The number of nitrogens with zero attached hydrogens (tertiary/aromatic N) is 2. The van der Waals surface area contributed by atoms with Crippen LogP contribution in [0, 0.1) is 35.1 Å². The molecule has 1 unspecified atom stereocenters. The molecule has 2 heterocycles. The molecule has 1 saturated heterocycles. The average Bonchev–Trinajstić information content (AvgIpc) is 3.51. The van der Waals surface area contributed by atoms with Crippen LogP contribution in [0.2, 0.25) is 0 Å². The summed E-state index contributed by atoms with van der Waals surface area (Å²) in [6, 6.07) is 5.29. The molecule has 0 amide bonds. The number of halogens is 6. The molecular weight excluding hydrogens is 410 g/mol. The van der Waals surface area contributed by atoms with Crippen molar-refractivity contribution in [3.63, 3.8) is 0 Å². The van der Waals surface area contributed by atoms with E-state index >= 15 is 8.78 Å². The first-order chi connectivity index (χ1) is 14.2. The number of alkyl halides is 2. The number of aromatic nitrogens is 2. The Morgan fingerprint density at radius 3 is 2.23 bits per heavy atom. The van der Waals surface area contributed by atoms with Gasteiger partial charge in [0.15, 0.2) is 17.2 Å². The summed E-state index contributed by atoms with van der Waals surface area (Å²) in [4.78, 5) is 7.43. The molecule has 0 radical (unpaired) electrons. The highest BCUT2D eigenvalue weighted by molar-refractivity contribution is 5.40. The highest BCUT2D eigenvalue weighted by atomic mass is 19.3. The lowest BCUT2D eigenvalue weighted by atomic mass is 9.90. The molecule has 1 fully saturated rings. The number of epoxide rings is 1. The molecule has 0 spiro atoms. The minimum absolute atomic E-state index is 0.00184. The Bertz CT molecular complexity index is 1180. The zero-order valence-corrected chi connectivity index (χ0v) is 14.9. The highest BCUT2D eigenvalue weighted by Gasteiger charge is 2.68. The molecule has 152 valence electrons. The topological polar surface area (TPSA) is 38.3 Å². The first kappa shape index (κ1) is 19.9. The molecule has 3 nitrogen and oxygen atoms in total. The zero-order chi connectivity index (χ0) is 21.5. The van der Waals surface area contributed by atoms with E-state index in [2.05, 4.69) is 21.8 Å². The summed E-state index contributed by atoms with van der Waals surface area (Å²) >= 11 is 0. The van der Waals surface area contributed by atoms with Gasteiger partial charge in [-0.15, -0.1) is 0 Å². The first-order valence-electron chi connectivity index (χ1n) is 8.50. The van der Waals surface area contributed by atoms with E-state index in [0.717, 1.165) is 36.7 Å². The van der Waals surface area contributed by atoms with Gasteiger partial charge in [-0.2, -0.15) is 8.78 Å². The number of hydrogen-bond acceptors (Lipinski definition) is 3. The number of ether oxygens (including phenoxy) is 1. The van der Waals surface area contributed by atoms with Crippen molar-refractivity contribution in [1.29, 1.82) is 0 Å². The lowest BCUT2D eigenvalue weighted by molar-refractivity contribution is -0.0904. The van der Waals surface area contributed by atoms with Crippen molar-refractivity contribution in [2.75, 3.05) is 6.61 Å². The van der Waals surface area contributed by atoms with Gasteiger partial charge in [0.05, 0.1) is 19.0 Å². The van der Waals surface area contributed by atoms with Crippen LogP contribution in [-0.2, 0) is 16.3 Å². The SMILES string of the molecule is Fc1ccc(C2(C(F)(F)c3cnc(C#Cc4ccc(F)c(F)c4)cn3)CO2)c(F)c1. The van der Waals surface area contributed by atoms with Gasteiger partial charge in [0.25, 0.3) is 0 Å². The van der Waals surface area contributed by atoms with E-state index in [1.807, 2.05) is 0 Å². The van der Waals surface area contributed by atoms with Gasteiger partial charge in [0.1, 0.15) is 23.0 Å². The van der Waals surface area contributed by atoms with Crippen LogP contribution >= 0.6 is 0 Å². The Morgan fingerprint density at radius 1 is 0.867 bits per heavy atom. The standard InChI is InChI=1S/C21H10F6N2O/c22-13-3-5-15(17(24)8-13)20(11-30-20)21(26,27)19-10-28-14(9-29-19)4-1-12-2-6-16(23)18(25)7-12/h2-3,5-10H,11H2. The van der Waals surface area contributed by atoms with Crippen LogP contribution in [-0.4, -0.2) is 16.6 Å². The van der Waals surface area contributed by atoms with Gasteiger partial charge >= 0.3 is 5.92 Å². The van der Waals surface area contributed by atoms with Crippen molar-refractivity contribution in [2.24, 2.45) is 0 Å². The summed E-state index contributed by atoms with van der Waals surface area (Å²) in [5.41, 5.74) is -3.43. The quantitative estimate of drug-likeness (QED) is 0.357. The van der Waals surface area contributed by atoms with Crippen LogP contribution in [0.5, 0.6) is 0 Å². The second kappa shape index (κ2) is 7.15. The average molecular weight is 420 g/mol. The number of hydrogen-bond donors (Lipinski definition) is 0. The third-order valence-electron chi connectivity index (χ3n) is 4.53. The smallest absolute Gasteiger partial charge is 0.325 e. The van der Waals surface area contributed by atoms with Gasteiger partial charge in [-0.1, -0.05) is 5.92 Å². The van der Waals surface area contributed by atoms with Crippen LogP contribution in [0.15, 0.2) is 48.8 Å². The minimum Gasteiger partial charge on any atom is -0.357 e. The highest BCUT2D eigenvalue weighted by Crippen LogP contribution is 2.56. The Kier molecular flexibility index (Phi) is 4.74. The van der Waals surface area contributed by atoms with E-state index < -0.39 is 52.7 Å². The molecule has 1 aliphatic rings.